The van der Waals surface area contributed by atoms with Gasteiger partial charge in [0, 0.05) is 0 Å². The summed E-state index contributed by atoms with van der Waals surface area (Å²) in [4.78, 5) is 4.01. The van der Waals surface area contributed by atoms with Crippen molar-refractivity contribution in [1.29, 1.82) is 0 Å². The fourth-order valence-electron chi connectivity index (χ4n) is 0.840. The van der Waals surface area contributed by atoms with Gasteiger partial charge >= 0.3 is 0 Å². The van der Waals surface area contributed by atoms with Crippen LogP contribution < -0.4 is 11.5 Å². The molecule has 52 valence electrons. The molecule has 1 fully saturated rings. The molecular weight excluding hydrogens is 114 g/mol. The number of hydrogen-bond donors (Lipinski definition) is 2. The van der Waals surface area contributed by atoms with E-state index in [2.05, 4.69) is 18.8 Å². The Bertz CT molecular complexity index is 144. The Kier molecular flexibility index (Phi) is 1.15. The molecule has 1 aliphatic rings. The third kappa shape index (κ3) is 1.34. The van der Waals surface area contributed by atoms with Crippen molar-refractivity contribution in [2.75, 3.05) is 0 Å². The van der Waals surface area contributed by atoms with Crippen LogP contribution in [0.25, 0.3) is 0 Å². The maximum absolute atomic E-state index is 5.18. The lowest BCUT2D eigenvalue weighted by Crippen LogP contribution is -2.23. The second kappa shape index (κ2) is 1.62. The van der Waals surface area contributed by atoms with Crippen molar-refractivity contribution in [3.8, 4) is 0 Å². The van der Waals surface area contributed by atoms with Crippen LogP contribution in [-0.4, -0.2) is 12.0 Å². The van der Waals surface area contributed by atoms with Crippen LogP contribution in [0.2, 0.25) is 0 Å². The lowest BCUT2D eigenvalue weighted by atomic mass is 10.2. The Morgan fingerprint density at radius 2 is 2.00 bits per heavy atom. The normalized spacial score (nSPS) is 29.3. The van der Waals surface area contributed by atoms with Crippen molar-refractivity contribution in [2.45, 2.75) is 26.3 Å². The predicted octanol–water partition coefficient (Wildman–Crippen LogP) is 0.0583. The van der Waals surface area contributed by atoms with Gasteiger partial charge in [0.1, 0.15) is 0 Å². The summed E-state index contributed by atoms with van der Waals surface area (Å²) in [6.07, 6.45) is 1.12. The average molecular weight is 127 g/mol. The summed E-state index contributed by atoms with van der Waals surface area (Å²) >= 11 is 0. The topological polar surface area (TPSA) is 64.4 Å². The number of aliphatic imine (C=N–C) groups is 1. The molecule has 0 aromatic heterocycles. The minimum absolute atomic E-state index is 0.213. The van der Waals surface area contributed by atoms with E-state index in [1.54, 1.807) is 0 Å². The maximum Gasteiger partial charge on any atom is 0.186 e. The number of guanidine groups is 1. The third-order valence-corrected chi connectivity index (χ3v) is 1.77. The van der Waals surface area contributed by atoms with Crippen molar-refractivity contribution in [3.63, 3.8) is 0 Å². The Balaban J connectivity index is 2.45. The molecule has 0 aromatic rings. The highest BCUT2D eigenvalue weighted by molar-refractivity contribution is 5.76. The van der Waals surface area contributed by atoms with E-state index in [1.165, 1.54) is 0 Å². The van der Waals surface area contributed by atoms with E-state index in [0.717, 1.165) is 6.42 Å². The van der Waals surface area contributed by atoms with Crippen LogP contribution in [0.1, 0.15) is 20.3 Å². The molecule has 4 N–H and O–H groups in total. The molecule has 1 saturated carbocycles. The summed E-state index contributed by atoms with van der Waals surface area (Å²) < 4.78 is 0. The van der Waals surface area contributed by atoms with E-state index in [4.69, 9.17) is 11.5 Å². The molecule has 0 amide bonds. The zero-order valence-corrected chi connectivity index (χ0v) is 5.89. The average Bonchev–Trinajstić information content (AvgIpc) is 2.10. The quantitative estimate of drug-likeness (QED) is 0.386. The Morgan fingerprint density at radius 1 is 1.56 bits per heavy atom. The van der Waals surface area contributed by atoms with Gasteiger partial charge in [0.25, 0.3) is 0 Å². The van der Waals surface area contributed by atoms with Crippen molar-refractivity contribution in [3.05, 3.63) is 0 Å². The van der Waals surface area contributed by atoms with Gasteiger partial charge in [0.15, 0.2) is 5.96 Å². The predicted molar refractivity (Wildman–Crippen MR) is 38.0 cm³/mol. The number of rotatable bonds is 1. The van der Waals surface area contributed by atoms with Gasteiger partial charge in [-0.2, -0.15) is 0 Å². The van der Waals surface area contributed by atoms with Crippen LogP contribution in [0.5, 0.6) is 0 Å². The zero-order valence-electron chi connectivity index (χ0n) is 5.89. The van der Waals surface area contributed by atoms with E-state index < -0.39 is 0 Å². The van der Waals surface area contributed by atoms with E-state index in [-0.39, 0.29) is 5.96 Å². The summed E-state index contributed by atoms with van der Waals surface area (Å²) in [6, 6.07) is 0.377. The standard InChI is InChI=1S/C6H13N3/c1-6(2)3-4(6)9-5(7)8/h4H,3H2,1-2H3,(H4,7,8,9). The van der Waals surface area contributed by atoms with Gasteiger partial charge in [0.2, 0.25) is 0 Å². The molecule has 0 heterocycles. The second-order valence-corrected chi connectivity index (χ2v) is 3.26. The molecule has 0 aliphatic heterocycles. The van der Waals surface area contributed by atoms with Crippen LogP contribution in [0.4, 0.5) is 0 Å². The van der Waals surface area contributed by atoms with Crippen LogP contribution >= 0.6 is 0 Å². The largest absolute Gasteiger partial charge is 0.370 e. The first kappa shape index (κ1) is 6.39. The van der Waals surface area contributed by atoms with Crippen molar-refractivity contribution in [1.82, 2.24) is 0 Å². The summed E-state index contributed by atoms with van der Waals surface area (Å²) in [7, 11) is 0. The molecule has 9 heavy (non-hydrogen) atoms. The van der Waals surface area contributed by atoms with Crippen LogP contribution in [0, 0.1) is 5.41 Å². The molecule has 0 saturated heterocycles. The van der Waals surface area contributed by atoms with Gasteiger partial charge in [-0.25, -0.2) is 4.99 Å². The van der Waals surface area contributed by atoms with E-state index in [1.807, 2.05) is 0 Å². The lowest BCUT2D eigenvalue weighted by Gasteiger charge is -1.96. The SMILES string of the molecule is CC1(C)CC1N=C(N)N. The van der Waals surface area contributed by atoms with Gasteiger partial charge < -0.3 is 11.5 Å². The molecule has 1 aliphatic carbocycles. The molecule has 0 radical (unpaired) electrons. The summed E-state index contributed by atoms with van der Waals surface area (Å²) in [5.74, 6) is 0.213. The molecule has 0 aromatic carbocycles. The monoisotopic (exact) mass is 127 g/mol. The molecule has 1 rings (SSSR count). The van der Waals surface area contributed by atoms with Crippen molar-refractivity contribution in [2.24, 2.45) is 21.9 Å². The molecule has 0 spiro atoms. The molecular formula is C6H13N3. The van der Waals surface area contributed by atoms with Gasteiger partial charge in [-0.1, -0.05) is 13.8 Å². The zero-order chi connectivity index (χ0) is 7.07. The summed E-state index contributed by atoms with van der Waals surface area (Å²) in [5.41, 5.74) is 10.7. The fraction of sp³-hybridized carbons (Fsp3) is 0.833. The first-order valence-electron chi connectivity index (χ1n) is 3.11. The Hall–Kier alpha value is -0.730. The molecule has 1 atom stereocenters. The minimum atomic E-state index is 0.213. The highest BCUT2D eigenvalue weighted by Crippen LogP contribution is 2.47. The molecule has 0 bridgehead atoms. The van der Waals surface area contributed by atoms with Crippen LogP contribution in [0.3, 0.4) is 0 Å². The van der Waals surface area contributed by atoms with Gasteiger partial charge in [-0.05, 0) is 11.8 Å². The smallest absolute Gasteiger partial charge is 0.186 e. The van der Waals surface area contributed by atoms with E-state index >= 15 is 0 Å². The van der Waals surface area contributed by atoms with Crippen LogP contribution in [-0.2, 0) is 0 Å². The number of hydrogen-bond acceptors (Lipinski definition) is 1. The molecule has 3 heteroatoms. The summed E-state index contributed by atoms with van der Waals surface area (Å²) in [5, 5.41) is 0. The highest BCUT2D eigenvalue weighted by atomic mass is 15.0. The van der Waals surface area contributed by atoms with E-state index in [0.29, 0.717) is 11.5 Å². The number of nitrogens with two attached hydrogens (primary N) is 2. The lowest BCUT2D eigenvalue weighted by molar-refractivity contribution is 0.618. The number of nitrogens with zero attached hydrogens (tertiary/aromatic N) is 1. The molecule has 1 unspecified atom stereocenters. The third-order valence-electron chi connectivity index (χ3n) is 1.77. The van der Waals surface area contributed by atoms with Crippen LogP contribution in [0.15, 0.2) is 4.99 Å². The first-order chi connectivity index (χ1) is 4.02. The first-order valence-corrected chi connectivity index (χ1v) is 3.11. The Labute approximate surface area is 55.1 Å². The van der Waals surface area contributed by atoms with E-state index in [9.17, 15) is 0 Å². The molecule has 3 nitrogen and oxygen atoms in total. The van der Waals surface area contributed by atoms with Crippen molar-refractivity contribution < 1.29 is 0 Å². The van der Waals surface area contributed by atoms with Gasteiger partial charge in [-0.15, -0.1) is 0 Å². The summed E-state index contributed by atoms with van der Waals surface area (Å²) in [6.45, 7) is 4.31. The fourth-order valence-corrected chi connectivity index (χ4v) is 0.840. The second-order valence-electron chi connectivity index (χ2n) is 3.26. The Morgan fingerprint density at radius 3 is 2.11 bits per heavy atom. The van der Waals surface area contributed by atoms with Gasteiger partial charge in [0.05, 0.1) is 6.04 Å². The minimum Gasteiger partial charge on any atom is -0.370 e. The van der Waals surface area contributed by atoms with Gasteiger partial charge in [-0.3, -0.25) is 0 Å². The highest BCUT2D eigenvalue weighted by Gasteiger charge is 2.45. The maximum atomic E-state index is 5.18. The van der Waals surface area contributed by atoms with Crippen molar-refractivity contribution >= 4 is 5.96 Å².